The van der Waals surface area contributed by atoms with Crippen LogP contribution in [0.1, 0.15) is 20.3 Å². The maximum Gasteiger partial charge on any atom is 0.225 e. The van der Waals surface area contributed by atoms with E-state index < -0.39 is 9.84 Å². The van der Waals surface area contributed by atoms with Crippen molar-refractivity contribution in [2.75, 3.05) is 62.7 Å². The Morgan fingerprint density at radius 3 is 2.48 bits per heavy atom. The first-order valence-electron chi connectivity index (χ1n) is 9.84. The molecule has 9 nitrogen and oxygen atoms in total. The van der Waals surface area contributed by atoms with E-state index in [-0.39, 0.29) is 35.8 Å². The number of aliphatic imine (C=N–C) groups is 1. The Morgan fingerprint density at radius 1 is 1.24 bits per heavy atom. The van der Waals surface area contributed by atoms with Gasteiger partial charge in [-0.05, 0) is 26.3 Å². The summed E-state index contributed by atoms with van der Waals surface area (Å²) in [6.07, 6.45) is 5.38. The smallest absolute Gasteiger partial charge is 0.225 e. The minimum atomic E-state index is -2.94. The fraction of sp³-hybridized carbons (Fsp3) is 0.722. The molecule has 2 heterocycles. The average molecular weight is 539 g/mol. The topological polar surface area (TPSA) is 103 Å². The van der Waals surface area contributed by atoms with Crippen LogP contribution < -0.4 is 15.5 Å². The third-order valence-electron chi connectivity index (χ3n) is 4.54. The molecule has 166 valence electrons. The molecule has 1 aliphatic rings. The van der Waals surface area contributed by atoms with Gasteiger partial charge in [0.25, 0.3) is 0 Å². The largest absolute Gasteiger partial charge is 0.357 e. The molecule has 1 fully saturated rings. The van der Waals surface area contributed by atoms with Crippen molar-refractivity contribution in [1.29, 1.82) is 0 Å². The fourth-order valence-electron chi connectivity index (χ4n) is 2.95. The van der Waals surface area contributed by atoms with Crippen LogP contribution in [0, 0.1) is 0 Å². The maximum atomic E-state index is 11.3. The molecule has 1 aromatic rings. The van der Waals surface area contributed by atoms with E-state index >= 15 is 0 Å². The highest BCUT2D eigenvalue weighted by atomic mass is 127. The van der Waals surface area contributed by atoms with Gasteiger partial charge in [-0.25, -0.2) is 18.4 Å². The predicted octanol–water partition coefficient (Wildman–Crippen LogP) is 0.595. The Balaban J connectivity index is 0.00000420. The van der Waals surface area contributed by atoms with Gasteiger partial charge in [-0.1, -0.05) is 0 Å². The maximum absolute atomic E-state index is 11.3. The number of sulfone groups is 1. The van der Waals surface area contributed by atoms with Crippen LogP contribution in [0.2, 0.25) is 0 Å². The van der Waals surface area contributed by atoms with Gasteiger partial charge in [-0.15, -0.1) is 24.0 Å². The first kappa shape index (κ1) is 25.8. The number of hydrogen-bond donors (Lipinski definition) is 2. The normalized spacial score (nSPS) is 16.8. The molecule has 0 aromatic carbocycles. The third-order valence-corrected chi connectivity index (χ3v) is 5.52. The summed E-state index contributed by atoms with van der Waals surface area (Å²) >= 11 is 0. The molecule has 0 bridgehead atoms. The minimum absolute atomic E-state index is 0. The second kappa shape index (κ2) is 13.2. The van der Waals surface area contributed by atoms with E-state index in [0.29, 0.717) is 13.0 Å². The highest BCUT2D eigenvalue weighted by Crippen LogP contribution is 2.09. The van der Waals surface area contributed by atoms with Crippen molar-refractivity contribution in [1.82, 2.24) is 25.5 Å². The molecule has 2 rings (SSSR count). The molecule has 11 heteroatoms. The number of aromatic nitrogens is 2. The van der Waals surface area contributed by atoms with Gasteiger partial charge < -0.3 is 15.5 Å². The van der Waals surface area contributed by atoms with E-state index in [4.69, 9.17) is 0 Å². The zero-order chi connectivity index (χ0) is 20.4. The Kier molecular flexibility index (Phi) is 11.7. The van der Waals surface area contributed by atoms with Gasteiger partial charge in [-0.2, -0.15) is 0 Å². The Bertz CT molecular complexity index is 710. The minimum Gasteiger partial charge on any atom is -0.357 e. The summed E-state index contributed by atoms with van der Waals surface area (Å²) < 4.78 is 22.6. The summed E-state index contributed by atoms with van der Waals surface area (Å²) in [6, 6.07) is 1.87. The lowest BCUT2D eigenvalue weighted by atomic mass is 10.3. The zero-order valence-electron chi connectivity index (χ0n) is 17.5. The van der Waals surface area contributed by atoms with Gasteiger partial charge in [0.05, 0.1) is 12.3 Å². The molecule has 1 atom stereocenters. The molecule has 1 aromatic heterocycles. The van der Waals surface area contributed by atoms with E-state index in [2.05, 4.69) is 35.4 Å². The molecule has 0 spiro atoms. The molecular formula is C18H34IN7O2S. The van der Waals surface area contributed by atoms with Crippen molar-refractivity contribution in [2.24, 2.45) is 4.99 Å². The van der Waals surface area contributed by atoms with Gasteiger partial charge in [0.1, 0.15) is 9.84 Å². The zero-order valence-corrected chi connectivity index (χ0v) is 20.7. The van der Waals surface area contributed by atoms with Crippen molar-refractivity contribution >= 4 is 45.7 Å². The van der Waals surface area contributed by atoms with Crippen LogP contribution in [0.3, 0.4) is 0 Å². The predicted molar refractivity (Wildman–Crippen MR) is 129 cm³/mol. The van der Waals surface area contributed by atoms with Crippen LogP contribution in [0.15, 0.2) is 23.5 Å². The Morgan fingerprint density at radius 2 is 1.90 bits per heavy atom. The van der Waals surface area contributed by atoms with E-state index in [9.17, 15) is 8.42 Å². The van der Waals surface area contributed by atoms with E-state index in [1.807, 2.05) is 19.9 Å². The highest BCUT2D eigenvalue weighted by Gasteiger charge is 2.18. The molecule has 0 amide bonds. The lowest BCUT2D eigenvalue weighted by Gasteiger charge is -2.34. The van der Waals surface area contributed by atoms with Crippen LogP contribution in [0.4, 0.5) is 5.95 Å². The first-order valence-corrected chi connectivity index (χ1v) is 11.9. The van der Waals surface area contributed by atoms with E-state index in [0.717, 1.165) is 51.2 Å². The van der Waals surface area contributed by atoms with Crippen LogP contribution in [-0.4, -0.2) is 93.1 Å². The lowest BCUT2D eigenvalue weighted by molar-refractivity contribution is 0.263. The van der Waals surface area contributed by atoms with Crippen LogP contribution in [-0.2, 0) is 9.84 Å². The summed E-state index contributed by atoms with van der Waals surface area (Å²) in [5.41, 5.74) is 0. The highest BCUT2D eigenvalue weighted by molar-refractivity contribution is 14.0. The van der Waals surface area contributed by atoms with Crippen molar-refractivity contribution in [3.05, 3.63) is 18.5 Å². The number of halogens is 1. The fourth-order valence-corrected chi connectivity index (χ4v) is 3.73. The summed E-state index contributed by atoms with van der Waals surface area (Å²) in [4.78, 5) is 17.8. The SMILES string of the molecule is CCNC(=NCCN1CCN(c2ncccn2)CC1)NC(C)CCS(C)(=O)=O.I. The van der Waals surface area contributed by atoms with Gasteiger partial charge >= 0.3 is 0 Å². The number of piperazine rings is 1. The second-order valence-corrected chi connectivity index (χ2v) is 9.36. The number of nitrogens with zero attached hydrogens (tertiary/aromatic N) is 5. The monoisotopic (exact) mass is 539 g/mol. The Hall–Kier alpha value is -1.21. The summed E-state index contributed by atoms with van der Waals surface area (Å²) in [5, 5.41) is 6.51. The standard InChI is InChI=1S/C18H33N7O2S.HI/c1-4-19-17(23-16(2)6-15-28(3,26)27)20-9-10-24-11-13-25(14-12-24)18-21-7-5-8-22-18;/h5,7-8,16H,4,6,9-15H2,1-3H3,(H2,19,20,23);1H. The van der Waals surface area contributed by atoms with Crippen molar-refractivity contribution in [3.63, 3.8) is 0 Å². The van der Waals surface area contributed by atoms with Gasteiger partial charge in [-0.3, -0.25) is 9.89 Å². The molecule has 29 heavy (non-hydrogen) atoms. The van der Waals surface area contributed by atoms with Gasteiger partial charge in [0, 0.05) is 64.0 Å². The number of rotatable bonds is 9. The Labute approximate surface area is 191 Å². The van der Waals surface area contributed by atoms with Crippen LogP contribution in [0.25, 0.3) is 0 Å². The molecule has 2 N–H and O–H groups in total. The molecule has 0 saturated carbocycles. The van der Waals surface area contributed by atoms with Crippen molar-refractivity contribution < 1.29 is 8.42 Å². The molecular weight excluding hydrogens is 505 g/mol. The summed E-state index contributed by atoms with van der Waals surface area (Å²) in [7, 11) is -2.94. The van der Waals surface area contributed by atoms with Crippen LogP contribution >= 0.6 is 24.0 Å². The molecule has 1 aliphatic heterocycles. The summed E-state index contributed by atoms with van der Waals surface area (Å²) in [5.74, 6) is 1.71. The van der Waals surface area contributed by atoms with Crippen LogP contribution in [0.5, 0.6) is 0 Å². The third kappa shape index (κ3) is 10.4. The number of anilines is 1. The van der Waals surface area contributed by atoms with Gasteiger partial charge in [0.2, 0.25) is 5.95 Å². The molecule has 1 unspecified atom stereocenters. The van der Waals surface area contributed by atoms with Crippen molar-refractivity contribution in [3.8, 4) is 0 Å². The number of nitrogens with one attached hydrogen (secondary N) is 2. The van der Waals surface area contributed by atoms with Gasteiger partial charge in [0.15, 0.2) is 5.96 Å². The molecule has 1 saturated heterocycles. The molecule has 0 aliphatic carbocycles. The van der Waals surface area contributed by atoms with E-state index in [1.165, 1.54) is 6.26 Å². The first-order chi connectivity index (χ1) is 13.4. The molecule has 0 radical (unpaired) electrons. The summed E-state index contributed by atoms with van der Waals surface area (Å²) in [6.45, 7) is 10.1. The van der Waals surface area contributed by atoms with E-state index in [1.54, 1.807) is 12.4 Å². The number of hydrogen-bond acceptors (Lipinski definition) is 7. The number of guanidine groups is 1. The van der Waals surface area contributed by atoms with Crippen molar-refractivity contribution in [2.45, 2.75) is 26.3 Å². The average Bonchev–Trinajstić information content (AvgIpc) is 2.67. The second-order valence-electron chi connectivity index (χ2n) is 7.10. The lowest BCUT2D eigenvalue weighted by Crippen LogP contribution is -2.48. The quantitative estimate of drug-likeness (QED) is 0.267.